The first-order valence-corrected chi connectivity index (χ1v) is 6.68. The van der Waals surface area contributed by atoms with Crippen molar-refractivity contribution in [2.75, 3.05) is 13.1 Å². The summed E-state index contributed by atoms with van der Waals surface area (Å²) in [6.45, 7) is 7.23. The molecule has 2 aliphatic rings. The average molecular weight is 210 g/mol. The van der Waals surface area contributed by atoms with Crippen LogP contribution in [0.3, 0.4) is 0 Å². The van der Waals surface area contributed by atoms with Crippen molar-refractivity contribution in [1.82, 2.24) is 4.90 Å². The summed E-state index contributed by atoms with van der Waals surface area (Å²) in [6.07, 6.45) is 7.04. The van der Waals surface area contributed by atoms with Gasteiger partial charge in [0.25, 0.3) is 0 Å². The average Bonchev–Trinajstić information content (AvgIpc) is 2.72. The Balaban J connectivity index is 1.86. The molecule has 88 valence electrons. The second-order valence-corrected chi connectivity index (χ2v) is 5.70. The van der Waals surface area contributed by atoms with Crippen LogP contribution in [-0.4, -0.2) is 30.1 Å². The summed E-state index contributed by atoms with van der Waals surface area (Å²) in [5, 5.41) is 0. The molecule has 1 heterocycles. The highest BCUT2D eigenvalue weighted by Crippen LogP contribution is 2.29. The molecule has 2 heteroatoms. The van der Waals surface area contributed by atoms with Gasteiger partial charge < -0.3 is 10.6 Å². The molecule has 2 nitrogen and oxygen atoms in total. The molecule has 0 aromatic rings. The van der Waals surface area contributed by atoms with E-state index in [0.717, 1.165) is 5.92 Å². The van der Waals surface area contributed by atoms with Crippen LogP contribution in [0.15, 0.2) is 0 Å². The van der Waals surface area contributed by atoms with Crippen LogP contribution < -0.4 is 5.73 Å². The second kappa shape index (κ2) is 4.84. The Labute approximate surface area is 94.2 Å². The molecule has 3 unspecified atom stereocenters. The molecule has 2 N–H and O–H groups in total. The monoisotopic (exact) mass is 210 g/mol. The minimum atomic E-state index is 0.430. The number of hydrogen-bond acceptors (Lipinski definition) is 2. The Morgan fingerprint density at radius 3 is 2.47 bits per heavy atom. The predicted molar refractivity (Wildman–Crippen MR) is 64.7 cm³/mol. The predicted octanol–water partition coefficient (Wildman–Crippen LogP) is 2.23. The normalized spacial score (nSPS) is 39.8. The molecule has 2 fully saturated rings. The van der Waals surface area contributed by atoms with E-state index in [-0.39, 0.29) is 0 Å². The van der Waals surface area contributed by atoms with E-state index in [1.807, 2.05) is 0 Å². The molecule has 15 heavy (non-hydrogen) atoms. The van der Waals surface area contributed by atoms with Gasteiger partial charge >= 0.3 is 0 Å². The minimum Gasteiger partial charge on any atom is -0.327 e. The van der Waals surface area contributed by atoms with Crippen molar-refractivity contribution in [1.29, 1.82) is 0 Å². The van der Waals surface area contributed by atoms with Crippen molar-refractivity contribution in [3.05, 3.63) is 0 Å². The van der Waals surface area contributed by atoms with Crippen molar-refractivity contribution in [3.8, 4) is 0 Å². The molecular weight excluding hydrogens is 184 g/mol. The fourth-order valence-corrected chi connectivity index (χ4v) is 3.25. The number of nitrogens with two attached hydrogens (primary N) is 1. The third-order valence-electron chi connectivity index (χ3n) is 4.73. The fraction of sp³-hybridized carbons (Fsp3) is 1.00. The van der Waals surface area contributed by atoms with Crippen molar-refractivity contribution >= 4 is 0 Å². The topological polar surface area (TPSA) is 29.3 Å². The zero-order valence-corrected chi connectivity index (χ0v) is 10.3. The van der Waals surface area contributed by atoms with E-state index in [1.54, 1.807) is 0 Å². The lowest BCUT2D eigenvalue weighted by atomic mass is 9.87. The van der Waals surface area contributed by atoms with Crippen LogP contribution in [0.4, 0.5) is 0 Å². The highest BCUT2D eigenvalue weighted by atomic mass is 15.2. The standard InChI is InChI=1S/C13H26N2/c1-10-11(2)15(8-7-13(10)14)9-12-5-3-4-6-12/h10-13H,3-9,14H2,1-2H3. The summed E-state index contributed by atoms with van der Waals surface area (Å²) in [7, 11) is 0. The van der Waals surface area contributed by atoms with E-state index in [9.17, 15) is 0 Å². The van der Waals surface area contributed by atoms with Gasteiger partial charge in [0, 0.05) is 18.6 Å². The van der Waals surface area contributed by atoms with Gasteiger partial charge in [-0.25, -0.2) is 0 Å². The van der Waals surface area contributed by atoms with Gasteiger partial charge in [-0.05, 0) is 44.6 Å². The van der Waals surface area contributed by atoms with Crippen LogP contribution in [0.25, 0.3) is 0 Å². The molecule has 1 aliphatic heterocycles. The van der Waals surface area contributed by atoms with Gasteiger partial charge in [-0.15, -0.1) is 0 Å². The Bertz CT molecular complexity index is 199. The van der Waals surface area contributed by atoms with Gasteiger partial charge in [0.1, 0.15) is 0 Å². The van der Waals surface area contributed by atoms with E-state index >= 15 is 0 Å². The highest BCUT2D eigenvalue weighted by Gasteiger charge is 2.31. The molecule has 1 saturated heterocycles. The smallest absolute Gasteiger partial charge is 0.0107 e. The summed E-state index contributed by atoms with van der Waals surface area (Å²) in [5.74, 6) is 1.65. The Morgan fingerprint density at radius 2 is 1.80 bits per heavy atom. The molecule has 0 aromatic heterocycles. The number of nitrogens with zero attached hydrogens (tertiary/aromatic N) is 1. The SMILES string of the molecule is CC1C(N)CCN(CC2CCCC2)C1C. The van der Waals surface area contributed by atoms with Gasteiger partial charge in [-0.1, -0.05) is 19.8 Å². The van der Waals surface area contributed by atoms with Crippen molar-refractivity contribution in [2.24, 2.45) is 17.6 Å². The molecule has 3 atom stereocenters. The molecule has 1 aliphatic carbocycles. The Morgan fingerprint density at radius 1 is 1.13 bits per heavy atom. The Kier molecular flexibility index (Phi) is 3.68. The number of hydrogen-bond donors (Lipinski definition) is 1. The molecule has 0 aromatic carbocycles. The lowest BCUT2D eigenvalue weighted by molar-refractivity contribution is 0.0823. The largest absolute Gasteiger partial charge is 0.327 e. The number of likely N-dealkylation sites (tertiary alicyclic amines) is 1. The summed E-state index contributed by atoms with van der Waals surface area (Å²) < 4.78 is 0. The highest BCUT2D eigenvalue weighted by molar-refractivity contribution is 4.88. The van der Waals surface area contributed by atoms with Gasteiger partial charge in [0.15, 0.2) is 0 Å². The molecule has 0 amide bonds. The van der Waals surface area contributed by atoms with Crippen molar-refractivity contribution in [3.63, 3.8) is 0 Å². The summed E-state index contributed by atoms with van der Waals surface area (Å²) in [4.78, 5) is 2.68. The van der Waals surface area contributed by atoms with Gasteiger partial charge in [-0.2, -0.15) is 0 Å². The van der Waals surface area contributed by atoms with Crippen LogP contribution >= 0.6 is 0 Å². The van der Waals surface area contributed by atoms with Gasteiger partial charge in [0.2, 0.25) is 0 Å². The second-order valence-electron chi connectivity index (χ2n) is 5.70. The zero-order valence-electron chi connectivity index (χ0n) is 10.3. The lowest BCUT2D eigenvalue weighted by Crippen LogP contribution is -2.52. The van der Waals surface area contributed by atoms with E-state index in [2.05, 4.69) is 18.7 Å². The number of rotatable bonds is 2. The summed E-state index contributed by atoms with van der Waals surface area (Å²) >= 11 is 0. The van der Waals surface area contributed by atoms with Crippen LogP contribution in [0.1, 0.15) is 46.0 Å². The summed E-state index contributed by atoms with van der Waals surface area (Å²) in [6, 6.07) is 1.12. The first-order chi connectivity index (χ1) is 7.18. The van der Waals surface area contributed by atoms with Gasteiger partial charge in [0.05, 0.1) is 0 Å². The lowest BCUT2D eigenvalue weighted by Gasteiger charge is -2.42. The molecule has 0 bridgehead atoms. The summed E-state index contributed by atoms with van der Waals surface area (Å²) in [5.41, 5.74) is 6.11. The maximum Gasteiger partial charge on any atom is 0.0107 e. The fourth-order valence-electron chi connectivity index (χ4n) is 3.25. The maximum absolute atomic E-state index is 6.11. The van der Waals surface area contributed by atoms with Gasteiger partial charge in [-0.3, -0.25) is 0 Å². The van der Waals surface area contributed by atoms with Crippen LogP contribution in [0, 0.1) is 11.8 Å². The molecule has 0 radical (unpaired) electrons. The quantitative estimate of drug-likeness (QED) is 0.757. The van der Waals surface area contributed by atoms with Crippen LogP contribution in [0.5, 0.6) is 0 Å². The zero-order chi connectivity index (χ0) is 10.8. The molecular formula is C13H26N2. The first kappa shape index (κ1) is 11.4. The Hall–Kier alpha value is -0.0800. The van der Waals surface area contributed by atoms with Crippen molar-refractivity contribution in [2.45, 2.75) is 58.0 Å². The number of piperidine rings is 1. The van der Waals surface area contributed by atoms with E-state index in [0.29, 0.717) is 18.0 Å². The van der Waals surface area contributed by atoms with Crippen LogP contribution in [-0.2, 0) is 0 Å². The minimum absolute atomic E-state index is 0.430. The van der Waals surface area contributed by atoms with E-state index < -0.39 is 0 Å². The van der Waals surface area contributed by atoms with E-state index in [1.165, 1.54) is 45.2 Å². The molecule has 2 rings (SSSR count). The maximum atomic E-state index is 6.11. The van der Waals surface area contributed by atoms with E-state index in [4.69, 9.17) is 5.73 Å². The van der Waals surface area contributed by atoms with Crippen molar-refractivity contribution < 1.29 is 0 Å². The molecule has 0 spiro atoms. The van der Waals surface area contributed by atoms with Crippen LogP contribution in [0.2, 0.25) is 0 Å². The molecule has 1 saturated carbocycles. The third-order valence-corrected chi connectivity index (χ3v) is 4.73. The third kappa shape index (κ3) is 2.54. The first-order valence-electron chi connectivity index (χ1n) is 6.68.